The SMILES string of the molecule is CC(Oc1cccc2ncnc(Nc3ccc4c(cnn4Cc4nccs4)c3)c12)C(=O)N(C)CCO. The minimum atomic E-state index is -0.750. The highest BCUT2D eigenvalue weighted by Gasteiger charge is 2.21. The molecule has 1 atom stereocenters. The van der Waals surface area contributed by atoms with Crippen LogP contribution in [0.1, 0.15) is 11.9 Å². The first-order valence-electron chi connectivity index (χ1n) is 11.4. The van der Waals surface area contributed by atoms with Gasteiger partial charge >= 0.3 is 0 Å². The number of hydrogen-bond donors (Lipinski definition) is 2. The molecule has 1 unspecified atom stereocenters. The first kappa shape index (κ1) is 23.6. The monoisotopic (exact) mass is 503 g/mol. The van der Waals surface area contributed by atoms with Gasteiger partial charge in [-0.1, -0.05) is 6.07 Å². The Kier molecular flexibility index (Phi) is 6.74. The molecule has 3 aromatic heterocycles. The number of amides is 1. The van der Waals surface area contributed by atoms with E-state index in [2.05, 4.69) is 25.4 Å². The van der Waals surface area contributed by atoms with E-state index in [1.807, 2.05) is 46.6 Å². The number of benzene rings is 2. The summed E-state index contributed by atoms with van der Waals surface area (Å²) in [7, 11) is 1.63. The minimum absolute atomic E-state index is 0.112. The number of aliphatic hydroxyl groups excluding tert-OH is 1. The predicted molar refractivity (Wildman–Crippen MR) is 139 cm³/mol. The molecule has 0 aliphatic carbocycles. The number of likely N-dealkylation sites (N-methyl/N-ethyl adjacent to an activating group) is 1. The Hall–Kier alpha value is -4.09. The van der Waals surface area contributed by atoms with Gasteiger partial charge in [-0.05, 0) is 37.3 Å². The van der Waals surface area contributed by atoms with Gasteiger partial charge in [-0.25, -0.2) is 15.0 Å². The van der Waals surface area contributed by atoms with Crippen LogP contribution in [-0.2, 0) is 11.3 Å². The van der Waals surface area contributed by atoms with Crippen molar-refractivity contribution in [3.8, 4) is 5.75 Å². The van der Waals surface area contributed by atoms with Gasteiger partial charge in [0.15, 0.2) is 6.10 Å². The maximum Gasteiger partial charge on any atom is 0.263 e. The lowest BCUT2D eigenvalue weighted by atomic mass is 10.2. The van der Waals surface area contributed by atoms with Crippen molar-refractivity contribution >= 4 is 50.6 Å². The lowest BCUT2D eigenvalue weighted by molar-refractivity contribution is -0.136. The molecular weight excluding hydrogens is 478 g/mol. The molecule has 2 aromatic carbocycles. The van der Waals surface area contributed by atoms with Gasteiger partial charge in [0.2, 0.25) is 0 Å². The molecule has 0 saturated carbocycles. The van der Waals surface area contributed by atoms with E-state index < -0.39 is 6.10 Å². The van der Waals surface area contributed by atoms with Crippen molar-refractivity contribution in [2.75, 3.05) is 25.5 Å². The number of carbonyl (C=O) groups excluding carboxylic acids is 1. The Morgan fingerprint density at radius 1 is 1.25 bits per heavy atom. The number of aliphatic hydroxyl groups is 1. The van der Waals surface area contributed by atoms with Crippen molar-refractivity contribution in [3.63, 3.8) is 0 Å². The summed E-state index contributed by atoms with van der Waals surface area (Å²) in [6.07, 6.45) is 4.36. The van der Waals surface area contributed by atoms with Crippen LogP contribution < -0.4 is 10.1 Å². The van der Waals surface area contributed by atoms with Crippen molar-refractivity contribution < 1.29 is 14.6 Å². The molecule has 3 heterocycles. The summed E-state index contributed by atoms with van der Waals surface area (Å²) in [5.41, 5.74) is 2.52. The van der Waals surface area contributed by atoms with Crippen LogP contribution in [0.4, 0.5) is 11.5 Å². The average molecular weight is 504 g/mol. The second-order valence-electron chi connectivity index (χ2n) is 8.24. The number of aromatic nitrogens is 5. The van der Waals surface area contributed by atoms with Gasteiger partial charge in [-0.2, -0.15) is 5.10 Å². The Labute approximate surface area is 211 Å². The molecule has 0 aliphatic heterocycles. The standard InChI is InChI=1S/C25H25N7O3S/c1-16(25(34)31(2)9-10-33)35-21-5-3-4-19-23(21)24(28-15-27-19)30-18-6-7-20-17(12-18)13-29-32(20)14-22-26-8-11-36-22/h3-8,11-13,15-16,33H,9-10,14H2,1-2H3,(H,27,28,30). The molecule has 0 spiro atoms. The van der Waals surface area contributed by atoms with Gasteiger partial charge in [0.05, 0.1) is 35.8 Å². The molecular formula is C25H25N7O3S. The molecule has 0 fully saturated rings. The summed E-state index contributed by atoms with van der Waals surface area (Å²) in [6.45, 7) is 2.43. The molecule has 10 nitrogen and oxygen atoms in total. The van der Waals surface area contributed by atoms with E-state index in [1.54, 1.807) is 37.6 Å². The average Bonchev–Trinajstić information content (AvgIpc) is 3.54. The zero-order valence-corrected chi connectivity index (χ0v) is 20.6. The maximum atomic E-state index is 12.6. The molecule has 36 heavy (non-hydrogen) atoms. The van der Waals surface area contributed by atoms with Crippen molar-refractivity contribution in [3.05, 3.63) is 65.5 Å². The van der Waals surface area contributed by atoms with E-state index in [4.69, 9.17) is 9.84 Å². The van der Waals surface area contributed by atoms with Crippen LogP contribution >= 0.6 is 11.3 Å². The second kappa shape index (κ2) is 10.3. The fourth-order valence-electron chi connectivity index (χ4n) is 3.97. The number of ether oxygens (including phenoxy) is 1. The molecule has 184 valence electrons. The third kappa shape index (κ3) is 4.83. The summed E-state index contributed by atoms with van der Waals surface area (Å²) >= 11 is 1.60. The lowest BCUT2D eigenvalue weighted by Crippen LogP contribution is -2.39. The molecule has 0 radical (unpaired) electrons. The number of rotatable bonds is 9. The van der Waals surface area contributed by atoms with E-state index >= 15 is 0 Å². The highest BCUT2D eigenvalue weighted by molar-refractivity contribution is 7.09. The van der Waals surface area contributed by atoms with Crippen LogP contribution in [0, 0.1) is 0 Å². The zero-order chi connectivity index (χ0) is 25.1. The highest BCUT2D eigenvalue weighted by Crippen LogP contribution is 2.33. The van der Waals surface area contributed by atoms with Crippen LogP contribution in [0.15, 0.2) is 60.5 Å². The Balaban J connectivity index is 1.42. The smallest absolute Gasteiger partial charge is 0.263 e. The first-order chi connectivity index (χ1) is 17.5. The molecule has 0 saturated heterocycles. The number of nitrogens with zero attached hydrogens (tertiary/aromatic N) is 6. The second-order valence-corrected chi connectivity index (χ2v) is 9.22. The molecule has 5 aromatic rings. The van der Waals surface area contributed by atoms with Crippen LogP contribution in [0.5, 0.6) is 5.75 Å². The zero-order valence-electron chi connectivity index (χ0n) is 19.8. The van der Waals surface area contributed by atoms with E-state index in [1.165, 1.54) is 11.2 Å². The third-order valence-electron chi connectivity index (χ3n) is 5.76. The van der Waals surface area contributed by atoms with E-state index in [0.717, 1.165) is 21.6 Å². The quantitative estimate of drug-likeness (QED) is 0.314. The number of carbonyl (C=O) groups is 1. The van der Waals surface area contributed by atoms with Crippen molar-refractivity contribution in [2.24, 2.45) is 0 Å². The molecule has 1 amide bonds. The summed E-state index contributed by atoms with van der Waals surface area (Å²) in [6, 6.07) is 11.5. The van der Waals surface area contributed by atoms with Gasteiger partial charge < -0.3 is 20.1 Å². The van der Waals surface area contributed by atoms with Gasteiger partial charge in [-0.3, -0.25) is 9.48 Å². The van der Waals surface area contributed by atoms with Crippen LogP contribution in [0.2, 0.25) is 0 Å². The Morgan fingerprint density at radius 2 is 2.14 bits per heavy atom. The number of anilines is 2. The summed E-state index contributed by atoms with van der Waals surface area (Å²) < 4.78 is 7.97. The number of fused-ring (bicyclic) bond motifs is 2. The molecule has 5 rings (SSSR count). The summed E-state index contributed by atoms with van der Waals surface area (Å²) in [5.74, 6) is 0.826. The van der Waals surface area contributed by atoms with Gasteiger partial charge in [0.1, 0.15) is 22.9 Å². The lowest BCUT2D eigenvalue weighted by Gasteiger charge is -2.22. The van der Waals surface area contributed by atoms with Gasteiger partial charge in [0, 0.05) is 36.2 Å². The van der Waals surface area contributed by atoms with Crippen LogP contribution in [-0.4, -0.2) is 66.9 Å². The Bertz CT molecular complexity index is 1500. The maximum absolute atomic E-state index is 12.6. The highest BCUT2D eigenvalue weighted by atomic mass is 32.1. The van der Waals surface area contributed by atoms with E-state index in [9.17, 15) is 4.79 Å². The van der Waals surface area contributed by atoms with E-state index in [-0.39, 0.29) is 19.1 Å². The van der Waals surface area contributed by atoms with Crippen molar-refractivity contribution in [1.82, 2.24) is 29.6 Å². The topological polar surface area (TPSA) is 118 Å². The van der Waals surface area contributed by atoms with Crippen LogP contribution in [0.25, 0.3) is 21.8 Å². The predicted octanol–water partition coefficient (Wildman–Crippen LogP) is 3.45. The van der Waals surface area contributed by atoms with Crippen molar-refractivity contribution in [2.45, 2.75) is 19.6 Å². The largest absolute Gasteiger partial charge is 0.480 e. The number of hydrogen-bond acceptors (Lipinski definition) is 9. The number of thiazole rings is 1. The fourth-order valence-corrected chi connectivity index (χ4v) is 4.57. The fraction of sp³-hybridized carbons (Fsp3) is 0.240. The van der Waals surface area contributed by atoms with Crippen LogP contribution in [0.3, 0.4) is 0 Å². The summed E-state index contributed by atoms with van der Waals surface area (Å²) in [5, 5.41) is 21.6. The van der Waals surface area contributed by atoms with E-state index in [0.29, 0.717) is 29.0 Å². The molecule has 11 heteroatoms. The minimum Gasteiger partial charge on any atom is -0.480 e. The normalized spacial score (nSPS) is 12.1. The van der Waals surface area contributed by atoms with Gasteiger partial charge in [0.25, 0.3) is 5.91 Å². The summed E-state index contributed by atoms with van der Waals surface area (Å²) in [4.78, 5) is 27.2. The van der Waals surface area contributed by atoms with Gasteiger partial charge in [-0.15, -0.1) is 11.3 Å². The molecule has 2 N–H and O–H groups in total. The Morgan fingerprint density at radius 3 is 2.94 bits per heavy atom. The molecule has 0 aliphatic rings. The third-order valence-corrected chi connectivity index (χ3v) is 6.53. The first-order valence-corrected chi connectivity index (χ1v) is 12.3. The molecule has 0 bridgehead atoms. The number of nitrogens with one attached hydrogen (secondary N) is 1. The van der Waals surface area contributed by atoms with Crippen molar-refractivity contribution in [1.29, 1.82) is 0 Å².